The summed E-state index contributed by atoms with van der Waals surface area (Å²) in [6.07, 6.45) is 1.18. The molecule has 1 rings (SSSR count). The first-order chi connectivity index (χ1) is 8.02. The highest BCUT2D eigenvalue weighted by Crippen LogP contribution is 2.12. The predicted octanol–water partition coefficient (Wildman–Crippen LogP) is 2.03. The van der Waals surface area contributed by atoms with Crippen LogP contribution in [0.4, 0.5) is 0 Å². The number of carboxylic acid groups (broad SMARTS) is 1. The number of methoxy groups -OCH3 is 1. The predicted molar refractivity (Wildman–Crippen MR) is 63.4 cm³/mol. The van der Waals surface area contributed by atoms with E-state index in [0.717, 1.165) is 11.1 Å². The highest BCUT2D eigenvalue weighted by Gasteiger charge is 2.13. The first-order valence-electron chi connectivity index (χ1n) is 5.10. The zero-order chi connectivity index (χ0) is 12.8. The Labute approximate surface area is 99.5 Å². The lowest BCUT2D eigenvalue weighted by molar-refractivity contribution is -0.141. The molecule has 0 spiro atoms. The molecule has 0 bridgehead atoms. The van der Waals surface area contributed by atoms with Crippen molar-refractivity contribution < 1.29 is 19.4 Å². The van der Waals surface area contributed by atoms with Gasteiger partial charge in [-0.3, -0.25) is 4.79 Å². The summed E-state index contributed by atoms with van der Waals surface area (Å²) in [5.74, 6) is -1.68. The molecule has 1 aromatic rings. The molecule has 0 saturated heterocycles. The summed E-state index contributed by atoms with van der Waals surface area (Å²) >= 11 is 0. The van der Waals surface area contributed by atoms with Crippen LogP contribution in [0.1, 0.15) is 17.5 Å². The van der Waals surface area contributed by atoms with Gasteiger partial charge >= 0.3 is 11.9 Å². The van der Waals surface area contributed by atoms with Crippen LogP contribution in [0, 0.1) is 6.92 Å². The molecule has 0 unspecified atom stereocenters. The van der Waals surface area contributed by atoms with Crippen LogP contribution in [-0.2, 0) is 14.3 Å². The lowest BCUT2D eigenvalue weighted by Crippen LogP contribution is -2.09. The molecule has 0 atom stereocenters. The van der Waals surface area contributed by atoms with Gasteiger partial charge in [-0.1, -0.05) is 29.8 Å². The summed E-state index contributed by atoms with van der Waals surface area (Å²) < 4.78 is 4.54. The molecule has 0 fully saturated rings. The molecular formula is C13H14O4. The molecular weight excluding hydrogens is 220 g/mol. The molecule has 1 aromatic carbocycles. The van der Waals surface area contributed by atoms with Crippen molar-refractivity contribution in [1.82, 2.24) is 0 Å². The average molecular weight is 234 g/mol. The number of carbonyl (C=O) groups is 2. The van der Waals surface area contributed by atoms with E-state index in [2.05, 4.69) is 4.74 Å². The van der Waals surface area contributed by atoms with Crippen LogP contribution in [-0.4, -0.2) is 24.2 Å². The van der Waals surface area contributed by atoms with E-state index in [1.54, 1.807) is 0 Å². The van der Waals surface area contributed by atoms with Crippen molar-refractivity contribution in [3.63, 3.8) is 0 Å². The number of hydrogen-bond donors (Lipinski definition) is 1. The van der Waals surface area contributed by atoms with Gasteiger partial charge in [0.15, 0.2) is 0 Å². The molecule has 0 aliphatic heterocycles. The molecule has 0 saturated carbocycles. The van der Waals surface area contributed by atoms with Gasteiger partial charge in [0, 0.05) is 5.57 Å². The lowest BCUT2D eigenvalue weighted by atomic mass is 10.1. The van der Waals surface area contributed by atoms with Crippen molar-refractivity contribution in [3.05, 3.63) is 41.0 Å². The van der Waals surface area contributed by atoms with Crippen LogP contribution in [0.25, 0.3) is 6.08 Å². The summed E-state index contributed by atoms with van der Waals surface area (Å²) in [4.78, 5) is 22.0. The van der Waals surface area contributed by atoms with Crippen molar-refractivity contribution >= 4 is 18.0 Å². The van der Waals surface area contributed by atoms with Crippen LogP contribution >= 0.6 is 0 Å². The topological polar surface area (TPSA) is 63.6 Å². The first-order valence-corrected chi connectivity index (χ1v) is 5.10. The van der Waals surface area contributed by atoms with E-state index in [-0.39, 0.29) is 12.0 Å². The Balaban J connectivity index is 3.00. The molecule has 0 aliphatic rings. The van der Waals surface area contributed by atoms with Crippen LogP contribution in [0.3, 0.4) is 0 Å². The van der Waals surface area contributed by atoms with E-state index < -0.39 is 11.9 Å². The third-order valence-electron chi connectivity index (χ3n) is 2.21. The Morgan fingerprint density at radius 2 is 1.88 bits per heavy atom. The minimum absolute atomic E-state index is 0.129. The van der Waals surface area contributed by atoms with Crippen molar-refractivity contribution in [1.29, 1.82) is 0 Å². The molecule has 17 heavy (non-hydrogen) atoms. The van der Waals surface area contributed by atoms with Gasteiger partial charge in [0.05, 0.1) is 13.5 Å². The third kappa shape index (κ3) is 4.10. The quantitative estimate of drug-likeness (QED) is 0.639. The molecule has 0 aromatic heterocycles. The summed E-state index contributed by atoms with van der Waals surface area (Å²) in [6, 6.07) is 7.42. The molecule has 0 radical (unpaired) electrons. The first kappa shape index (κ1) is 13.0. The molecule has 0 aliphatic carbocycles. The second-order valence-corrected chi connectivity index (χ2v) is 3.64. The van der Waals surface area contributed by atoms with E-state index >= 15 is 0 Å². The number of ether oxygens (including phenoxy) is 1. The van der Waals surface area contributed by atoms with E-state index in [0.29, 0.717) is 0 Å². The van der Waals surface area contributed by atoms with Crippen molar-refractivity contribution in [2.75, 3.05) is 7.11 Å². The Morgan fingerprint density at radius 1 is 1.29 bits per heavy atom. The fourth-order valence-corrected chi connectivity index (χ4v) is 1.34. The maximum absolute atomic E-state index is 11.4. The van der Waals surface area contributed by atoms with Crippen molar-refractivity contribution in [2.45, 2.75) is 13.3 Å². The highest BCUT2D eigenvalue weighted by molar-refractivity contribution is 5.97. The number of rotatable bonds is 4. The van der Waals surface area contributed by atoms with Gasteiger partial charge in [0.25, 0.3) is 0 Å². The van der Waals surface area contributed by atoms with Crippen LogP contribution in [0.2, 0.25) is 0 Å². The normalized spacial score (nSPS) is 11.1. The summed E-state index contributed by atoms with van der Waals surface area (Å²) in [5, 5.41) is 8.70. The summed E-state index contributed by atoms with van der Waals surface area (Å²) in [7, 11) is 1.23. The second-order valence-electron chi connectivity index (χ2n) is 3.64. The van der Waals surface area contributed by atoms with Gasteiger partial charge in [-0.2, -0.15) is 0 Å². The number of benzene rings is 1. The third-order valence-corrected chi connectivity index (χ3v) is 2.21. The fraction of sp³-hybridized carbons (Fsp3) is 0.231. The maximum atomic E-state index is 11.4. The van der Waals surface area contributed by atoms with Crippen molar-refractivity contribution in [3.8, 4) is 0 Å². The van der Waals surface area contributed by atoms with Gasteiger partial charge in [-0.15, -0.1) is 0 Å². The molecule has 4 nitrogen and oxygen atoms in total. The largest absolute Gasteiger partial charge is 0.481 e. The van der Waals surface area contributed by atoms with Gasteiger partial charge in [-0.25, -0.2) is 4.79 Å². The fourth-order valence-electron chi connectivity index (χ4n) is 1.34. The number of carboxylic acids is 1. The Hall–Kier alpha value is -2.10. The van der Waals surface area contributed by atoms with E-state index in [1.807, 2.05) is 31.2 Å². The summed E-state index contributed by atoms with van der Waals surface area (Å²) in [5.41, 5.74) is 2.00. The minimum Gasteiger partial charge on any atom is -0.481 e. The number of esters is 1. The molecule has 0 amide bonds. The molecule has 0 heterocycles. The monoisotopic (exact) mass is 234 g/mol. The molecule has 4 heteroatoms. The van der Waals surface area contributed by atoms with E-state index in [4.69, 9.17) is 5.11 Å². The number of carbonyl (C=O) groups excluding carboxylic acids is 1. The molecule has 1 N–H and O–H groups in total. The lowest BCUT2D eigenvalue weighted by Gasteiger charge is -2.03. The minimum atomic E-state index is -1.06. The van der Waals surface area contributed by atoms with Gasteiger partial charge < -0.3 is 9.84 Å². The van der Waals surface area contributed by atoms with Crippen molar-refractivity contribution in [2.24, 2.45) is 0 Å². The van der Waals surface area contributed by atoms with Gasteiger partial charge in [0.1, 0.15) is 0 Å². The maximum Gasteiger partial charge on any atom is 0.334 e. The van der Waals surface area contributed by atoms with Crippen LogP contribution in [0.15, 0.2) is 29.8 Å². The Morgan fingerprint density at radius 3 is 2.35 bits per heavy atom. The highest BCUT2D eigenvalue weighted by atomic mass is 16.5. The standard InChI is InChI=1S/C13H14O4/c1-9-3-5-10(6-4-9)7-11(8-12(14)15)13(16)17-2/h3-7H,8H2,1-2H3,(H,14,15). The smallest absolute Gasteiger partial charge is 0.334 e. The average Bonchev–Trinajstić information content (AvgIpc) is 2.29. The SMILES string of the molecule is COC(=O)C(=Cc1ccc(C)cc1)CC(=O)O. The Bertz CT molecular complexity index is 443. The van der Waals surface area contributed by atoms with Crippen LogP contribution < -0.4 is 0 Å². The number of aliphatic carboxylic acids is 1. The van der Waals surface area contributed by atoms with Crippen LogP contribution in [0.5, 0.6) is 0 Å². The van der Waals surface area contributed by atoms with E-state index in [1.165, 1.54) is 13.2 Å². The Kier molecular flexibility index (Phi) is 4.46. The zero-order valence-corrected chi connectivity index (χ0v) is 9.77. The van der Waals surface area contributed by atoms with Gasteiger partial charge in [-0.05, 0) is 18.6 Å². The molecule has 90 valence electrons. The van der Waals surface area contributed by atoms with E-state index in [9.17, 15) is 9.59 Å². The second kappa shape index (κ2) is 5.84. The summed E-state index contributed by atoms with van der Waals surface area (Å²) in [6.45, 7) is 1.95. The zero-order valence-electron chi connectivity index (χ0n) is 9.77. The number of aryl methyl sites for hydroxylation is 1. The van der Waals surface area contributed by atoms with Gasteiger partial charge in [0.2, 0.25) is 0 Å². The number of hydrogen-bond acceptors (Lipinski definition) is 3.